The Bertz CT molecular complexity index is 753. The van der Waals surface area contributed by atoms with Crippen LogP contribution in [0.5, 0.6) is 0 Å². The van der Waals surface area contributed by atoms with Crippen LogP contribution in [-0.4, -0.2) is 25.4 Å². The molecule has 4 heteroatoms. The molecule has 0 saturated carbocycles. The molecule has 0 fully saturated rings. The predicted molar refractivity (Wildman–Crippen MR) is 86.6 cm³/mol. The van der Waals surface area contributed by atoms with E-state index < -0.39 is 15.9 Å². The Balaban J connectivity index is 2.25. The molecule has 2 aromatic rings. The SMILES string of the molecule is CC[C@@H]1CS(=O)(=O)c2ccccc2[C@H](c2ccccc2)[C@H]1O. The zero-order chi connectivity index (χ0) is 15.7. The van der Waals surface area contributed by atoms with Gasteiger partial charge in [-0.15, -0.1) is 0 Å². The fraction of sp³-hybridized carbons (Fsp3) is 0.333. The van der Waals surface area contributed by atoms with Crippen LogP contribution in [0, 0.1) is 5.92 Å². The van der Waals surface area contributed by atoms with E-state index in [0.717, 1.165) is 5.56 Å². The Labute approximate surface area is 131 Å². The molecule has 1 aliphatic heterocycles. The summed E-state index contributed by atoms with van der Waals surface area (Å²) in [4.78, 5) is 0.360. The molecule has 116 valence electrons. The highest BCUT2D eigenvalue weighted by Crippen LogP contribution is 2.40. The van der Waals surface area contributed by atoms with Crippen molar-refractivity contribution in [3.8, 4) is 0 Å². The van der Waals surface area contributed by atoms with E-state index in [1.54, 1.807) is 12.1 Å². The standard InChI is InChI=1S/C18H20O3S/c1-2-13-12-22(20,21)16-11-7-6-10-15(16)17(18(13)19)14-8-4-3-5-9-14/h3-11,13,17-19H,2,12H2,1H3/t13-,17+,18+/m1/s1. The molecule has 1 heterocycles. The lowest BCUT2D eigenvalue weighted by Crippen LogP contribution is -2.29. The topological polar surface area (TPSA) is 54.4 Å². The minimum atomic E-state index is -3.37. The number of benzene rings is 2. The maximum absolute atomic E-state index is 12.7. The van der Waals surface area contributed by atoms with Crippen LogP contribution < -0.4 is 0 Å². The molecule has 0 aliphatic carbocycles. The summed E-state index contributed by atoms with van der Waals surface area (Å²) in [5, 5.41) is 10.9. The smallest absolute Gasteiger partial charge is 0.179 e. The first-order chi connectivity index (χ1) is 10.5. The Morgan fingerprint density at radius 3 is 2.36 bits per heavy atom. The number of fused-ring (bicyclic) bond motifs is 1. The van der Waals surface area contributed by atoms with Gasteiger partial charge in [-0.25, -0.2) is 8.42 Å². The van der Waals surface area contributed by atoms with Gasteiger partial charge in [0.05, 0.1) is 16.8 Å². The van der Waals surface area contributed by atoms with E-state index in [0.29, 0.717) is 16.9 Å². The third kappa shape index (κ3) is 2.57. The monoisotopic (exact) mass is 316 g/mol. The van der Waals surface area contributed by atoms with Crippen LogP contribution in [0.4, 0.5) is 0 Å². The second-order valence-electron chi connectivity index (χ2n) is 5.87. The van der Waals surface area contributed by atoms with E-state index in [1.807, 2.05) is 49.4 Å². The Morgan fingerprint density at radius 2 is 1.68 bits per heavy atom. The minimum absolute atomic E-state index is 0.00497. The normalized spacial score (nSPS) is 26.9. The molecule has 3 nitrogen and oxygen atoms in total. The van der Waals surface area contributed by atoms with Crippen molar-refractivity contribution >= 4 is 9.84 Å². The summed E-state index contributed by atoms with van der Waals surface area (Å²) in [7, 11) is -3.37. The second-order valence-corrected chi connectivity index (χ2v) is 7.87. The average molecular weight is 316 g/mol. The van der Waals surface area contributed by atoms with Gasteiger partial charge in [0, 0.05) is 5.92 Å². The van der Waals surface area contributed by atoms with Gasteiger partial charge in [-0.05, 0) is 29.5 Å². The quantitative estimate of drug-likeness (QED) is 0.926. The van der Waals surface area contributed by atoms with Crippen LogP contribution >= 0.6 is 0 Å². The first-order valence-electron chi connectivity index (χ1n) is 7.59. The average Bonchev–Trinajstić information content (AvgIpc) is 2.62. The summed E-state index contributed by atoms with van der Waals surface area (Å²) in [6.45, 7) is 1.93. The van der Waals surface area contributed by atoms with Gasteiger partial charge in [-0.3, -0.25) is 0 Å². The Kier molecular flexibility index (Phi) is 4.06. The van der Waals surface area contributed by atoms with Crippen molar-refractivity contribution in [1.29, 1.82) is 0 Å². The first-order valence-corrected chi connectivity index (χ1v) is 9.24. The molecule has 0 aromatic heterocycles. The number of hydrogen-bond acceptors (Lipinski definition) is 3. The van der Waals surface area contributed by atoms with Gasteiger partial charge in [0.2, 0.25) is 0 Å². The molecule has 0 bridgehead atoms. The van der Waals surface area contributed by atoms with Crippen molar-refractivity contribution in [3.63, 3.8) is 0 Å². The fourth-order valence-electron chi connectivity index (χ4n) is 3.34. The van der Waals surface area contributed by atoms with Crippen molar-refractivity contribution in [1.82, 2.24) is 0 Å². The van der Waals surface area contributed by atoms with E-state index in [2.05, 4.69) is 0 Å². The number of rotatable bonds is 2. The molecule has 1 aliphatic rings. The number of aliphatic hydroxyl groups excluding tert-OH is 1. The lowest BCUT2D eigenvalue weighted by molar-refractivity contribution is 0.100. The van der Waals surface area contributed by atoms with Crippen LogP contribution in [0.2, 0.25) is 0 Å². The van der Waals surface area contributed by atoms with Crippen molar-refractivity contribution in [3.05, 3.63) is 65.7 Å². The second kappa shape index (κ2) is 5.86. The van der Waals surface area contributed by atoms with Gasteiger partial charge in [-0.2, -0.15) is 0 Å². The van der Waals surface area contributed by atoms with Crippen LogP contribution in [-0.2, 0) is 9.84 Å². The molecule has 0 amide bonds. The fourth-order valence-corrected chi connectivity index (χ4v) is 5.36. The van der Waals surface area contributed by atoms with Crippen molar-refractivity contribution in [2.24, 2.45) is 5.92 Å². The highest BCUT2D eigenvalue weighted by molar-refractivity contribution is 7.91. The molecular weight excluding hydrogens is 296 g/mol. The molecule has 1 N–H and O–H groups in total. The molecule has 22 heavy (non-hydrogen) atoms. The molecule has 3 atom stereocenters. The van der Waals surface area contributed by atoms with E-state index in [9.17, 15) is 13.5 Å². The summed E-state index contributed by atoms with van der Waals surface area (Å²) in [6.07, 6.45) is -0.0663. The van der Waals surface area contributed by atoms with Crippen LogP contribution in [0.3, 0.4) is 0 Å². The lowest BCUT2D eigenvalue weighted by Gasteiger charge is -2.27. The summed E-state index contributed by atoms with van der Waals surface area (Å²) in [6, 6.07) is 16.7. The maximum atomic E-state index is 12.7. The van der Waals surface area contributed by atoms with Gasteiger partial charge in [0.15, 0.2) is 9.84 Å². The summed E-state index contributed by atoms with van der Waals surface area (Å²) >= 11 is 0. The van der Waals surface area contributed by atoms with Gasteiger partial charge in [0.25, 0.3) is 0 Å². The van der Waals surface area contributed by atoms with Gasteiger partial charge in [0.1, 0.15) is 0 Å². The number of aliphatic hydroxyl groups is 1. The van der Waals surface area contributed by atoms with Crippen LogP contribution in [0.15, 0.2) is 59.5 Å². The first kappa shape index (κ1) is 15.3. The predicted octanol–water partition coefficient (Wildman–Crippen LogP) is 2.99. The summed E-state index contributed by atoms with van der Waals surface area (Å²) < 4.78 is 25.3. The largest absolute Gasteiger partial charge is 0.392 e. The molecular formula is C18H20O3S. The number of hydrogen-bond donors (Lipinski definition) is 1. The van der Waals surface area contributed by atoms with E-state index in [-0.39, 0.29) is 17.6 Å². The van der Waals surface area contributed by atoms with E-state index in [1.165, 1.54) is 0 Å². The van der Waals surface area contributed by atoms with Crippen molar-refractivity contribution in [2.75, 3.05) is 5.75 Å². The molecule has 0 spiro atoms. The minimum Gasteiger partial charge on any atom is -0.392 e. The Morgan fingerprint density at radius 1 is 1.05 bits per heavy atom. The third-order valence-electron chi connectivity index (χ3n) is 4.53. The highest BCUT2D eigenvalue weighted by atomic mass is 32.2. The Hall–Kier alpha value is -1.65. The zero-order valence-electron chi connectivity index (χ0n) is 12.5. The maximum Gasteiger partial charge on any atom is 0.179 e. The van der Waals surface area contributed by atoms with Crippen molar-refractivity contribution < 1.29 is 13.5 Å². The molecule has 0 unspecified atom stereocenters. The van der Waals surface area contributed by atoms with Gasteiger partial charge in [-0.1, -0.05) is 55.5 Å². The van der Waals surface area contributed by atoms with Gasteiger partial charge < -0.3 is 5.11 Å². The number of sulfone groups is 1. The molecule has 2 aromatic carbocycles. The van der Waals surface area contributed by atoms with E-state index in [4.69, 9.17) is 0 Å². The van der Waals surface area contributed by atoms with Crippen LogP contribution in [0.25, 0.3) is 0 Å². The molecule has 0 saturated heterocycles. The highest BCUT2D eigenvalue weighted by Gasteiger charge is 2.39. The zero-order valence-corrected chi connectivity index (χ0v) is 13.3. The molecule has 0 radical (unpaired) electrons. The summed E-state index contributed by atoms with van der Waals surface area (Å²) in [5.74, 6) is -0.562. The lowest BCUT2D eigenvalue weighted by atomic mass is 9.81. The molecule has 3 rings (SSSR count). The van der Waals surface area contributed by atoms with Crippen LogP contribution in [0.1, 0.15) is 30.4 Å². The summed E-state index contributed by atoms with van der Waals surface area (Å²) in [5.41, 5.74) is 1.66. The van der Waals surface area contributed by atoms with Gasteiger partial charge >= 0.3 is 0 Å². The van der Waals surface area contributed by atoms with Crippen molar-refractivity contribution in [2.45, 2.75) is 30.3 Å². The third-order valence-corrected chi connectivity index (χ3v) is 6.44. The van der Waals surface area contributed by atoms with E-state index >= 15 is 0 Å².